The molecule has 82 valence electrons. The van der Waals surface area contributed by atoms with Gasteiger partial charge < -0.3 is 4.74 Å². The molecule has 0 bridgehead atoms. The summed E-state index contributed by atoms with van der Waals surface area (Å²) in [6.45, 7) is 2.04. The van der Waals surface area contributed by atoms with E-state index >= 15 is 0 Å². The maximum Gasteiger partial charge on any atom is 0.233 e. The van der Waals surface area contributed by atoms with Crippen molar-refractivity contribution >= 4 is 31.9 Å². The van der Waals surface area contributed by atoms with Gasteiger partial charge >= 0.3 is 0 Å². The van der Waals surface area contributed by atoms with Gasteiger partial charge in [0.2, 0.25) is 5.88 Å². The predicted octanol–water partition coefficient (Wildman–Crippen LogP) is 4.71. The third kappa shape index (κ3) is 2.83. The summed E-state index contributed by atoms with van der Waals surface area (Å²) in [6.07, 6.45) is 1.70. The maximum atomic E-state index is 5.64. The second kappa shape index (κ2) is 4.97. The van der Waals surface area contributed by atoms with Crippen molar-refractivity contribution in [1.29, 1.82) is 0 Å². The van der Waals surface area contributed by atoms with Gasteiger partial charge in [0.05, 0.1) is 4.47 Å². The number of hydrogen-bond donors (Lipinski definition) is 0. The molecule has 4 heteroatoms. The molecule has 1 aromatic carbocycles. The first-order valence-electron chi connectivity index (χ1n) is 4.71. The molecule has 2 nitrogen and oxygen atoms in total. The lowest BCUT2D eigenvalue weighted by Gasteiger charge is -2.06. The van der Waals surface area contributed by atoms with Crippen molar-refractivity contribution in [2.75, 3.05) is 0 Å². The molecule has 0 amide bonds. The quantitative estimate of drug-likeness (QED) is 0.788. The normalized spacial score (nSPS) is 10.2. The molecular weight excluding hydrogens is 334 g/mol. The topological polar surface area (TPSA) is 22.1 Å². The van der Waals surface area contributed by atoms with Crippen LogP contribution in [-0.4, -0.2) is 4.98 Å². The molecule has 2 aromatic rings. The predicted molar refractivity (Wildman–Crippen MR) is 70.9 cm³/mol. The summed E-state index contributed by atoms with van der Waals surface area (Å²) in [5, 5.41) is 0. The molecule has 2 rings (SSSR count). The molecule has 16 heavy (non-hydrogen) atoms. The monoisotopic (exact) mass is 341 g/mol. The highest BCUT2D eigenvalue weighted by molar-refractivity contribution is 9.11. The smallest absolute Gasteiger partial charge is 0.233 e. The van der Waals surface area contributed by atoms with Gasteiger partial charge in [0.25, 0.3) is 0 Å². The lowest BCUT2D eigenvalue weighted by Crippen LogP contribution is -1.89. The highest BCUT2D eigenvalue weighted by atomic mass is 79.9. The van der Waals surface area contributed by atoms with E-state index in [4.69, 9.17) is 4.74 Å². The Morgan fingerprint density at radius 3 is 2.44 bits per heavy atom. The van der Waals surface area contributed by atoms with E-state index in [0.29, 0.717) is 5.88 Å². The summed E-state index contributed by atoms with van der Waals surface area (Å²) in [4.78, 5) is 4.18. The zero-order valence-electron chi connectivity index (χ0n) is 8.58. The first-order chi connectivity index (χ1) is 7.65. The van der Waals surface area contributed by atoms with E-state index in [1.54, 1.807) is 6.20 Å². The van der Waals surface area contributed by atoms with Gasteiger partial charge in [0.15, 0.2) is 0 Å². The average molecular weight is 343 g/mol. The van der Waals surface area contributed by atoms with Crippen LogP contribution in [0.4, 0.5) is 0 Å². The third-order valence-electron chi connectivity index (χ3n) is 2.01. The van der Waals surface area contributed by atoms with Gasteiger partial charge in [-0.3, -0.25) is 0 Å². The van der Waals surface area contributed by atoms with Gasteiger partial charge in [-0.1, -0.05) is 17.7 Å². The minimum atomic E-state index is 0.562. The Kier molecular flexibility index (Phi) is 3.61. The van der Waals surface area contributed by atoms with Crippen molar-refractivity contribution in [2.45, 2.75) is 6.92 Å². The molecule has 0 aliphatic heterocycles. The number of aryl methyl sites for hydroxylation is 1. The Labute approximate surface area is 111 Å². The fraction of sp³-hybridized carbons (Fsp3) is 0.0833. The van der Waals surface area contributed by atoms with Gasteiger partial charge in [-0.2, -0.15) is 0 Å². The van der Waals surface area contributed by atoms with Gasteiger partial charge in [0, 0.05) is 10.7 Å². The summed E-state index contributed by atoms with van der Waals surface area (Å²) in [7, 11) is 0. The summed E-state index contributed by atoms with van der Waals surface area (Å²) < 4.78 is 7.37. The molecule has 0 aliphatic rings. The Bertz CT molecular complexity index is 497. The molecule has 0 atom stereocenters. The number of hydrogen-bond acceptors (Lipinski definition) is 2. The van der Waals surface area contributed by atoms with Crippen LogP contribution in [0, 0.1) is 6.92 Å². The minimum Gasteiger partial charge on any atom is -0.438 e. The summed E-state index contributed by atoms with van der Waals surface area (Å²) >= 11 is 6.74. The van der Waals surface area contributed by atoms with Crippen LogP contribution in [0.2, 0.25) is 0 Å². The third-order valence-corrected chi connectivity index (χ3v) is 3.01. The van der Waals surface area contributed by atoms with E-state index < -0.39 is 0 Å². The van der Waals surface area contributed by atoms with Crippen LogP contribution < -0.4 is 4.74 Å². The van der Waals surface area contributed by atoms with Crippen molar-refractivity contribution in [2.24, 2.45) is 0 Å². The molecule has 0 saturated heterocycles. The lowest BCUT2D eigenvalue weighted by molar-refractivity contribution is 0.459. The van der Waals surface area contributed by atoms with Gasteiger partial charge in [-0.15, -0.1) is 0 Å². The number of rotatable bonds is 2. The van der Waals surface area contributed by atoms with Gasteiger partial charge in [0.1, 0.15) is 5.75 Å². The summed E-state index contributed by atoms with van der Waals surface area (Å²) in [5.74, 6) is 1.34. The van der Waals surface area contributed by atoms with Crippen LogP contribution >= 0.6 is 31.9 Å². The first-order valence-corrected chi connectivity index (χ1v) is 6.29. The number of halogens is 2. The minimum absolute atomic E-state index is 0.562. The molecule has 0 spiro atoms. The van der Waals surface area contributed by atoms with E-state index in [-0.39, 0.29) is 0 Å². The van der Waals surface area contributed by atoms with E-state index in [1.165, 1.54) is 5.56 Å². The van der Waals surface area contributed by atoms with E-state index in [1.807, 2.05) is 37.3 Å². The van der Waals surface area contributed by atoms with Crippen LogP contribution in [0.15, 0.2) is 45.5 Å². The number of ether oxygens (including phenoxy) is 1. The second-order valence-electron chi connectivity index (χ2n) is 3.36. The highest BCUT2D eigenvalue weighted by Gasteiger charge is 2.04. The highest BCUT2D eigenvalue weighted by Crippen LogP contribution is 2.29. The molecule has 0 fully saturated rings. The number of aromatic nitrogens is 1. The molecule has 1 heterocycles. The fourth-order valence-electron chi connectivity index (χ4n) is 1.20. The van der Waals surface area contributed by atoms with Crippen molar-refractivity contribution in [3.63, 3.8) is 0 Å². The molecule has 0 unspecified atom stereocenters. The lowest BCUT2D eigenvalue weighted by atomic mass is 10.2. The molecule has 0 aliphatic carbocycles. The first kappa shape index (κ1) is 11.6. The number of benzene rings is 1. The van der Waals surface area contributed by atoms with Crippen LogP contribution in [0.1, 0.15) is 5.56 Å². The van der Waals surface area contributed by atoms with E-state index in [2.05, 4.69) is 36.8 Å². The Hall–Kier alpha value is -0.870. The van der Waals surface area contributed by atoms with Crippen molar-refractivity contribution < 1.29 is 4.74 Å². The number of pyridine rings is 1. The van der Waals surface area contributed by atoms with E-state index in [0.717, 1.165) is 14.7 Å². The van der Waals surface area contributed by atoms with Gasteiger partial charge in [-0.05, 0) is 57.0 Å². The number of nitrogens with zero attached hydrogens (tertiary/aromatic N) is 1. The van der Waals surface area contributed by atoms with Crippen molar-refractivity contribution in [3.05, 3.63) is 51.0 Å². The average Bonchev–Trinajstić information content (AvgIpc) is 2.25. The summed E-state index contributed by atoms with van der Waals surface area (Å²) in [5.41, 5.74) is 1.20. The Morgan fingerprint density at radius 1 is 1.12 bits per heavy atom. The second-order valence-corrected chi connectivity index (χ2v) is 5.13. The Morgan fingerprint density at radius 2 is 1.81 bits per heavy atom. The Balaban J connectivity index is 2.23. The standard InChI is InChI=1S/C12H9Br2NO/c1-8-2-4-10(5-3-8)16-12-11(14)6-9(13)7-15-12/h2-7H,1H3. The molecular formula is C12H9Br2NO. The van der Waals surface area contributed by atoms with Crippen LogP contribution in [-0.2, 0) is 0 Å². The maximum absolute atomic E-state index is 5.64. The molecule has 0 radical (unpaired) electrons. The molecule has 0 saturated carbocycles. The van der Waals surface area contributed by atoms with Crippen LogP contribution in [0.3, 0.4) is 0 Å². The van der Waals surface area contributed by atoms with Crippen LogP contribution in [0.25, 0.3) is 0 Å². The molecule has 1 aromatic heterocycles. The molecule has 0 N–H and O–H groups in total. The van der Waals surface area contributed by atoms with Gasteiger partial charge in [-0.25, -0.2) is 4.98 Å². The van der Waals surface area contributed by atoms with Crippen molar-refractivity contribution in [1.82, 2.24) is 4.98 Å². The zero-order chi connectivity index (χ0) is 11.5. The SMILES string of the molecule is Cc1ccc(Oc2ncc(Br)cc2Br)cc1. The largest absolute Gasteiger partial charge is 0.438 e. The summed E-state index contributed by atoms with van der Waals surface area (Å²) in [6, 6.07) is 9.75. The van der Waals surface area contributed by atoms with Crippen molar-refractivity contribution in [3.8, 4) is 11.6 Å². The van der Waals surface area contributed by atoms with E-state index in [9.17, 15) is 0 Å². The van der Waals surface area contributed by atoms with Crippen LogP contribution in [0.5, 0.6) is 11.6 Å². The zero-order valence-corrected chi connectivity index (χ0v) is 11.7. The fourth-order valence-corrected chi connectivity index (χ4v) is 2.26.